The number of ether oxygens (including phenoxy) is 1. The summed E-state index contributed by atoms with van der Waals surface area (Å²) in [5.41, 5.74) is 3.75. The highest BCUT2D eigenvalue weighted by atomic mass is 16.5. The molecule has 1 N–H and O–H groups in total. The van der Waals surface area contributed by atoms with Crippen LogP contribution in [0.4, 0.5) is 0 Å². The molecule has 3 aromatic rings. The largest absolute Gasteiger partial charge is 0.473 e. The van der Waals surface area contributed by atoms with E-state index in [0.29, 0.717) is 24.6 Å². The zero-order chi connectivity index (χ0) is 17.5. The van der Waals surface area contributed by atoms with E-state index < -0.39 is 0 Å². The number of nitrogens with zero attached hydrogens (tertiary/aromatic N) is 1. The number of aromatic nitrogens is 1. The van der Waals surface area contributed by atoms with Crippen molar-refractivity contribution >= 4 is 5.91 Å². The first-order chi connectivity index (χ1) is 12.2. The summed E-state index contributed by atoms with van der Waals surface area (Å²) in [6.07, 6.45) is 1.69. The maximum Gasteiger partial charge on any atom is 0.251 e. The summed E-state index contributed by atoms with van der Waals surface area (Å²) in [6.45, 7) is 2.86. The first-order valence-corrected chi connectivity index (χ1v) is 8.17. The highest BCUT2D eigenvalue weighted by molar-refractivity contribution is 5.94. The highest BCUT2D eigenvalue weighted by Crippen LogP contribution is 2.12. The van der Waals surface area contributed by atoms with Gasteiger partial charge in [-0.3, -0.25) is 4.79 Å². The minimum absolute atomic E-state index is 0.0905. The first-order valence-electron chi connectivity index (χ1n) is 8.17. The third-order valence-electron chi connectivity index (χ3n) is 3.76. The van der Waals surface area contributed by atoms with E-state index in [0.717, 1.165) is 16.7 Å². The van der Waals surface area contributed by atoms with Crippen molar-refractivity contribution in [2.24, 2.45) is 0 Å². The van der Waals surface area contributed by atoms with E-state index in [1.165, 1.54) is 0 Å². The lowest BCUT2D eigenvalue weighted by Crippen LogP contribution is -2.22. The van der Waals surface area contributed by atoms with Gasteiger partial charge in [0.2, 0.25) is 5.88 Å². The molecule has 3 rings (SSSR count). The van der Waals surface area contributed by atoms with E-state index in [1.54, 1.807) is 6.20 Å². The Bertz CT molecular complexity index is 847. The maximum atomic E-state index is 12.2. The van der Waals surface area contributed by atoms with Crippen LogP contribution in [-0.4, -0.2) is 10.9 Å². The summed E-state index contributed by atoms with van der Waals surface area (Å²) in [5.74, 6) is 0.457. The van der Waals surface area contributed by atoms with Crippen LogP contribution in [0.2, 0.25) is 0 Å². The van der Waals surface area contributed by atoms with Crippen molar-refractivity contribution in [1.29, 1.82) is 0 Å². The van der Waals surface area contributed by atoms with Crippen LogP contribution in [0.5, 0.6) is 5.88 Å². The smallest absolute Gasteiger partial charge is 0.251 e. The van der Waals surface area contributed by atoms with Crippen LogP contribution in [-0.2, 0) is 13.2 Å². The van der Waals surface area contributed by atoms with Crippen molar-refractivity contribution in [3.05, 3.63) is 95.2 Å². The van der Waals surface area contributed by atoms with Crippen molar-refractivity contribution in [2.75, 3.05) is 0 Å². The maximum absolute atomic E-state index is 12.2. The van der Waals surface area contributed by atoms with Crippen molar-refractivity contribution in [1.82, 2.24) is 10.3 Å². The first kappa shape index (κ1) is 16.7. The average Bonchev–Trinajstić information content (AvgIpc) is 2.66. The number of carbonyl (C=O) groups excluding carboxylic acids is 1. The van der Waals surface area contributed by atoms with Gasteiger partial charge in [-0.1, -0.05) is 48.0 Å². The number of benzene rings is 2. The number of pyridine rings is 1. The van der Waals surface area contributed by atoms with Crippen molar-refractivity contribution in [3.63, 3.8) is 0 Å². The topological polar surface area (TPSA) is 51.2 Å². The van der Waals surface area contributed by atoms with E-state index >= 15 is 0 Å². The van der Waals surface area contributed by atoms with Gasteiger partial charge in [0, 0.05) is 24.4 Å². The van der Waals surface area contributed by atoms with Crippen LogP contribution in [0.15, 0.2) is 72.9 Å². The molecule has 1 heterocycles. The molecule has 0 spiro atoms. The van der Waals surface area contributed by atoms with Gasteiger partial charge in [0.25, 0.3) is 5.91 Å². The molecule has 0 radical (unpaired) electrons. The molecule has 0 aliphatic rings. The summed E-state index contributed by atoms with van der Waals surface area (Å²) in [6, 6.07) is 21.2. The fourth-order valence-corrected chi connectivity index (χ4v) is 2.44. The fraction of sp³-hybridized carbons (Fsp3) is 0.143. The van der Waals surface area contributed by atoms with E-state index in [2.05, 4.69) is 10.3 Å². The second kappa shape index (κ2) is 8.11. The number of nitrogens with one attached hydrogen (secondary N) is 1. The summed E-state index contributed by atoms with van der Waals surface area (Å²) in [7, 11) is 0. The third-order valence-corrected chi connectivity index (χ3v) is 3.76. The quantitative estimate of drug-likeness (QED) is 0.745. The zero-order valence-corrected chi connectivity index (χ0v) is 14.1. The molecule has 126 valence electrons. The van der Waals surface area contributed by atoms with Gasteiger partial charge in [0.1, 0.15) is 6.61 Å². The molecule has 4 nitrogen and oxygen atoms in total. The Hall–Kier alpha value is -3.14. The minimum Gasteiger partial charge on any atom is -0.473 e. The standard InChI is InChI=1S/C21H20N2O2/c1-16-6-5-9-19(12-16)21(24)23-14-18-10-11-22-20(13-18)25-15-17-7-3-2-4-8-17/h2-13H,14-15H2,1H3,(H,23,24). The number of hydrogen-bond donors (Lipinski definition) is 1. The zero-order valence-electron chi connectivity index (χ0n) is 14.1. The van der Waals surface area contributed by atoms with Gasteiger partial charge in [-0.2, -0.15) is 0 Å². The molecule has 4 heteroatoms. The SMILES string of the molecule is Cc1cccc(C(=O)NCc2ccnc(OCc3ccccc3)c2)c1. The van der Waals surface area contributed by atoms with Gasteiger partial charge in [-0.15, -0.1) is 0 Å². The molecule has 1 amide bonds. The molecule has 0 saturated carbocycles. The molecule has 25 heavy (non-hydrogen) atoms. The van der Waals surface area contributed by atoms with Crippen molar-refractivity contribution < 1.29 is 9.53 Å². The number of aryl methyl sites for hydroxylation is 1. The lowest BCUT2D eigenvalue weighted by Gasteiger charge is -2.09. The van der Waals surface area contributed by atoms with Crippen molar-refractivity contribution in [3.8, 4) is 5.88 Å². The summed E-state index contributed by atoms with van der Waals surface area (Å²) < 4.78 is 5.72. The molecule has 0 bridgehead atoms. The molecular weight excluding hydrogens is 312 g/mol. The van der Waals surface area contributed by atoms with E-state index in [-0.39, 0.29) is 5.91 Å². The Morgan fingerprint density at radius 1 is 1.00 bits per heavy atom. The average molecular weight is 332 g/mol. The van der Waals surface area contributed by atoms with E-state index in [4.69, 9.17) is 4.74 Å². The molecule has 0 aliphatic carbocycles. The van der Waals surface area contributed by atoms with Crippen LogP contribution in [0.25, 0.3) is 0 Å². The Morgan fingerprint density at radius 3 is 2.64 bits per heavy atom. The normalized spacial score (nSPS) is 10.3. The van der Waals surface area contributed by atoms with Gasteiger partial charge >= 0.3 is 0 Å². The molecule has 1 aromatic heterocycles. The minimum atomic E-state index is -0.0905. The lowest BCUT2D eigenvalue weighted by molar-refractivity contribution is 0.0950. The van der Waals surface area contributed by atoms with Crippen LogP contribution < -0.4 is 10.1 Å². The number of hydrogen-bond acceptors (Lipinski definition) is 3. The highest BCUT2D eigenvalue weighted by Gasteiger charge is 2.06. The number of amides is 1. The fourth-order valence-electron chi connectivity index (χ4n) is 2.44. The van der Waals surface area contributed by atoms with E-state index in [9.17, 15) is 4.79 Å². The van der Waals surface area contributed by atoms with Crippen LogP contribution in [0, 0.1) is 6.92 Å². The molecular formula is C21H20N2O2. The molecule has 0 unspecified atom stereocenters. The third kappa shape index (κ3) is 4.91. The van der Waals surface area contributed by atoms with Crippen LogP contribution in [0.3, 0.4) is 0 Å². The van der Waals surface area contributed by atoms with Crippen molar-refractivity contribution in [2.45, 2.75) is 20.1 Å². The second-order valence-corrected chi connectivity index (χ2v) is 5.83. The number of carbonyl (C=O) groups is 1. The Kier molecular flexibility index (Phi) is 5.42. The molecule has 0 atom stereocenters. The van der Waals surface area contributed by atoms with Gasteiger partial charge in [0.15, 0.2) is 0 Å². The van der Waals surface area contributed by atoms with Gasteiger partial charge in [-0.05, 0) is 36.2 Å². The van der Waals surface area contributed by atoms with Crippen LogP contribution in [0.1, 0.15) is 27.0 Å². The Balaban J connectivity index is 1.57. The molecule has 2 aromatic carbocycles. The predicted octanol–water partition coefficient (Wildman–Crippen LogP) is 3.90. The predicted molar refractivity (Wildman–Crippen MR) is 97.4 cm³/mol. The van der Waals surface area contributed by atoms with E-state index in [1.807, 2.05) is 73.7 Å². The summed E-state index contributed by atoms with van der Waals surface area (Å²) >= 11 is 0. The summed E-state index contributed by atoms with van der Waals surface area (Å²) in [4.78, 5) is 16.4. The van der Waals surface area contributed by atoms with Gasteiger partial charge in [0.05, 0.1) is 0 Å². The lowest BCUT2D eigenvalue weighted by atomic mass is 10.1. The molecule has 0 aliphatic heterocycles. The van der Waals surface area contributed by atoms with Crippen LogP contribution >= 0.6 is 0 Å². The van der Waals surface area contributed by atoms with Gasteiger partial charge in [-0.25, -0.2) is 4.98 Å². The monoisotopic (exact) mass is 332 g/mol. The number of rotatable bonds is 6. The summed E-state index contributed by atoms with van der Waals surface area (Å²) in [5, 5.41) is 2.92. The molecule has 0 saturated heterocycles. The Labute approximate surface area is 147 Å². The van der Waals surface area contributed by atoms with Gasteiger partial charge < -0.3 is 10.1 Å². The Morgan fingerprint density at radius 2 is 1.84 bits per heavy atom. The second-order valence-electron chi connectivity index (χ2n) is 5.83. The molecule has 0 fully saturated rings.